The Morgan fingerprint density at radius 2 is 1.52 bits per heavy atom. The van der Waals surface area contributed by atoms with Crippen molar-refractivity contribution < 1.29 is 46.4 Å². The molecular weight excluding hydrogens is 546 g/mol. The second-order valence-corrected chi connectivity index (χ2v) is 8.91. The van der Waals surface area contributed by atoms with Crippen LogP contribution in [0.5, 0.6) is 5.75 Å². The van der Waals surface area contributed by atoms with E-state index in [-0.39, 0.29) is 41.2 Å². The first-order valence-corrected chi connectivity index (χ1v) is 11.7. The normalized spacial score (nSPS) is 13.4. The second kappa shape index (κ2) is 10.9. The molecular formula is C27H22F6N2O5. The Balaban J connectivity index is 1.87. The van der Waals surface area contributed by atoms with E-state index in [1.807, 2.05) is 0 Å². The van der Waals surface area contributed by atoms with Gasteiger partial charge in [0.1, 0.15) is 24.3 Å². The number of hydrogen-bond donors (Lipinski definition) is 3. The minimum absolute atomic E-state index is 0.0129. The average Bonchev–Trinajstić information content (AvgIpc) is 2.91. The summed E-state index contributed by atoms with van der Waals surface area (Å²) in [4.78, 5) is 18.2. The van der Waals surface area contributed by atoms with Crippen LogP contribution in [-0.4, -0.2) is 56.5 Å². The molecule has 1 atom stereocenters. The van der Waals surface area contributed by atoms with Crippen LogP contribution in [0, 0.1) is 0 Å². The standard InChI is InChI=1S/C27H22F6N2O5/c28-26(29,30)25(39,27(31,32)33)17-6-8-18(9-7-17)35-23(12-16-4-2-1-3-5-16)34-22-11-10-20(13-21(22)24(35)38)40-15-19(37)14-36/h1-11,13,19,36-37,39H,12,14-15H2. The topological polar surface area (TPSA) is 105 Å². The van der Waals surface area contributed by atoms with Gasteiger partial charge in [0.15, 0.2) is 0 Å². The summed E-state index contributed by atoms with van der Waals surface area (Å²) in [5.41, 5.74) is -6.42. The van der Waals surface area contributed by atoms with Crippen LogP contribution in [0.3, 0.4) is 0 Å². The molecule has 3 aromatic carbocycles. The smallest absolute Gasteiger partial charge is 0.430 e. The number of fused-ring (bicyclic) bond motifs is 1. The highest BCUT2D eigenvalue weighted by Gasteiger charge is 2.71. The van der Waals surface area contributed by atoms with Crippen molar-refractivity contribution in [3.8, 4) is 11.4 Å². The Labute approximate surface area is 222 Å². The highest BCUT2D eigenvalue weighted by molar-refractivity contribution is 5.79. The molecule has 1 aromatic heterocycles. The van der Waals surface area contributed by atoms with Crippen LogP contribution in [0.15, 0.2) is 77.6 Å². The molecule has 1 heterocycles. The van der Waals surface area contributed by atoms with Crippen LogP contribution in [-0.2, 0) is 12.0 Å². The predicted octanol–water partition coefficient (Wildman–Crippen LogP) is 4.02. The highest BCUT2D eigenvalue weighted by atomic mass is 19.4. The molecule has 0 radical (unpaired) electrons. The van der Waals surface area contributed by atoms with E-state index in [0.29, 0.717) is 12.1 Å². The minimum atomic E-state index is -6.06. The molecule has 212 valence electrons. The first-order chi connectivity index (χ1) is 18.8. The molecule has 0 aliphatic carbocycles. The molecule has 7 nitrogen and oxygen atoms in total. The third kappa shape index (κ3) is 5.53. The Morgan fingerprint density at radius 3 is 2.10 bits per heavy atom. The minimum Gasteiger partial charge on any atom is -0.491 e. The second-order valence-electron chi connectivity index (χ2n) is 8.91. The van der Waals surface area contributed by atoms with Crippen LogP contribution in [0.4, 0.5) is 26.3 Å². The predicted molar refractivity (Wildman–Crippen MR) is 131 cm³/mol. The summed E-state index contributed by atoms with van der Waals surface area (Å²) in [5, 5.41) is 28.2. The largest absolute Gasteiger partial charge is 0.491 e. The number of aromatic nitrogens is 2. The van der Waals surface area contributed by atoms with Gasteiger partial charge in [-0.1, -0.05) is 42.5 Å². The zero-order chi connectivity index (χ0) is 29.3. The van der Waals surface area contributed by atoms with Crippen LogP contribution >= 0.6 is 0 Å². The van der Waals surface area contributed by atoms with E-state index in [1.54, 1.807) is 30.3 Å². The first-order valence-electron chi connectivity index (χ1n) is 11.7. The van der Waals surface area contributed by atoms with Crippen molar-refractivity contribution >= 4 is 10.9 Å². The molecule has 1 unspecified atom stereocenters. The number of ether oxygens (including phenoxy) is 1. The number of hydrogen-bond acceptors (Lipinski definition) is 6. The van der Waals surface area contributed by atoms with E-state index in [1.165, 1.54) is 18.2 Å². The first kappa shape index (κ1) is 29.1. The third-order valence-corrected chi connectivity index (χ3v) is 6.13. The van der Waals surface area contributed by atoms with Crippen LogP contribution in [0.25, 0.3) is 16.6 Å². The van der Waals surface area contributed by atoms with Gasteiger partial charge >= 0.3 is 12.4 Å². The van der Waals surface area contributed by atoms with E-state index in [2.05, 4.69) is 4.98 Å². The Hall–Kier alpha value is -3.94. The molecule has 40 heavy (non-hydrogen) atoms. The monoisotopic (exact) mass is 568 g/mol. The summed E-state index contributed by atoms with van der Waals surface area (Å²) < 4.78 is 86.5. The van der Waals surface area contributed by atoms with Crippen molar-refractivity contribution in [1.82, 2.24) is 9.55 Å². The molecule has 0 fully saturated rings. The molecule has 0 spiro atoms. The van der Waals surface area contributed by atoms with Crippen molar-refractivity contribution in [1.29, 1.82) is 0 Å². The van der Waals surface area contributed by atoms with Crippen molar-refractivity contribution in [3.63, 3.8) is 0 Å². The maximum absolute atomic E-state index is 13.7. The Bertz CT molecular complexity index is 1520. The van der Waals surface area contributed by atoms with E-state index >= 15 is 0 Å². The van der Waals surface area contributed by atoms with Gasteiger partial charge < -0.3 is 20.1 Å². The molecule has 0 saturated carbocycles. The Morgan fingerprint density at radius 1 is 0.900 bits per heavy atom. The Kier molecular flexibility index (Phi) is 7.92. The van der Waals surface area contributed by atoms with Gasteiger partial charge in [0.2, 0.25) is 0 Å². The number of benzene rings is 3. The summed E-state index contributed by atoms with van der Waals surface area (Å²) in [6.07, 6.45) is -13.2. The van der Waals surface area contributed by atoms with Crippen LogP contribution in [0.2, 0.25) is 0 Å². The van der Waals surface area contributed by atoms with Gasteiger partial charge in [0.05, 0.1) is 23.2 Å². The molecule has 4 aromatic rings. The summed E-state index contributed by atoms with van der Waals surface area (Å²) in [5.74, 6) is 0.291. The fourth-order valence-electron chi connectivity index (χ4n) is 4.05. The summed E-state index contributed by atoms with van der Waals surface area (Å²) in [7, 11) is 0. The maximum atomic E-state index is 13.7. The summed E-state index contributed by atoms with van der Waals surface area (Å²) in [6.45, 7) is -0.836. The van der Waals surface area contributed by atoms with E-state index < -0.39 is 41.8 Å². The molecule has 0 saturated heterocycles. The number of nitrogens with zero attached hydrogens (tertiary/aromatic N) is 2. The van der Waals surface area contributed by atoms with Crippen molar-refractivity contribution in [2.45, 2.75) is 30.5 Å². The van der Waals surface area contributed by atoms with Gasteiger partial charge in [-0.3, -0.25) is 9.36 Å². The summed E-state index contributed by atoms with van der Waals surface area (Å²) >= 11 is 0. The molecule has 3 N–H and O–H groups in total. The molecule has 13 heteroatoms. The molecule has 0 aliphatic rings. The molecule has 0 bridgehead atoms. The van der Waals surface area contributed by atoms with Crippen LogP contribution in [0.1, 0.15) is 17.0 Å². The number of rotatable bonds is 8. The van der Waals surface area contributed by atoms with Gasteiger partial charge in [-0.25, -0.2) is 4.98 Å². The molecule has 0 amide bonds. The molecule has 4 rings (SSSR count). The van der Waals surface area contributed by atoms with E-state index in [9.17, 15) is 41.4 Å². The lowest BCUT2D eigenvalue weighted by Gasteiger charge is -2.32. The number of alkyl halides is 6. The van der Waals surface area contributed by atoms with Gasteiger partial charge in [0, 0.05) is 12.0 Å². The van der Waals surface area contributed by atoms with Gasteiger partial charge in [-0.2, -0.15) is 26.3 Å². The maximum Gasteiger partial charge on any atom is 0.430 e. The zero-order valence-corrected chi connectivity index (χ0v) is 20.4. The van der Waals surface area contributed by atoms with Crippen molar-refractivity contribution in [2.75, 3.05) is 13.2 Å². The SMILES string of the molecule is O=c1c2cc(OCC(O)CO)ccc2nc(Cc2ccccc2)n1-c1ccc(C(O)(C(F)(F)F)C(F)(F)F)cc1. The van der Waals surface area contributed by atoms with Gasteiger partial charge in [-0.15, -0.1) is 0 Å². The highest BCUT2D eigenvalue weighted by Crippen LogP contribution is 2.50. The number of halogens is 6. The average molecular weight is 568 g/mol. The fourth-order valence-corrected chi connectivity index (χ4v) is 4.05. The van der Waals surface area contributed by atoms with Gasteiger partial charge in [-0.05, 0) is 35.9 Å². The summed E-state index contributed by atoms with van der Waals surface area (Å²) in [6, 6.07) is 15.7. The number of aliphatic hydroxyl groups excluding tert-OH is 2. The number of aliphatic hydroxyl groups is 3. The molecule has 0 aliphatic heterocycles. The van der Waals surface area contributed by atoms with Gasteiger partial charge in [0.25, 0.3) is 11.2 Å². The lowest BCUT2D eigenvalue weighted by molar-refractivity contribution is -0.376. The third-order valence-electron chi connectivity index (χ3n) is 6.13. The quantitative estimate of drug-likeness (QED) is 0.278. The van der Waals surface area contributed by atoms with Crippen molar-refractivity contribution in [3.05, 3.63) is 100 Å². The van der Waals surface area contributed by atoms with E-state index in [0.717, 1.165) is 22.3 Å². The van der Waals surface area contributed by atoms with E-state index in [4.69, 9.17) is 9.84 Å². The zero-order valence-electron chi connectivity index (χ0n) is 20.4. The van der Waals surface area contributed by atoms with Crippen molar-refractivity contribution in [2.24, 2.45) is 0 Å². The van der Waals surface area contributed by atoms with Crippen LogP contribution < -0.4 is 10.3 Å². The lowest BCUT2D eigenvalue weighted by Crippen LogP contribution is -2.53. The lowest BCUT2D eigenvalue weighted by atomic mass is 9.92. The fraction of sp³-hybridized carbons (Fsp3) is 0.259.